The molecule has 0 radical (unpaired) electrons. The monoisotopic (exact) mass is 224 g/mol. The van der Waals surface area contributed by atoms with Crippen molar-refractivity contribution >= 4 is 17.4 Å². The Morgan fingerprint density at radius 3 is 2.60 bits per heavy atom. The van der Waals surface area contributed by atoms with Gasteiger partial charge in [-0.1, -0.05) is 11.6 Å². The van der Waals surface area contributed by atoms with Gasteiger partial charge in [0.15, 0.2) is 11.0 Å². The Hall–Kier alpha value is -1.34. The number of aromatic nitrogens is 2. The second-order valence-electron chi connectivity index (χ2n) is 3.39. The van der Waals surface area contributed by atoms with Crippen molar-refractivity contribution in [2.75, 3.05) is 18.5 Å². The van der Waals surface area contributed by atoms with Gasteiger partial charge in [-0.05, 0) is 25.0 Å². The van der Waals surface area contributed by atoms with Gasteiger partial charge in [-0.2, -0.15) is 5.26 Å². The van der Waals surface area contributed by atoms with Gasteiger partial charge < -0.3 is 4.90 Å². The molecule has 15 heavy (non-hydrogen) atoms. The van der Waals surface area contributed by atoms with Crippen LogP contribution in [0.2, 0.25) is 5.15 Å². The molecule has 0 bridgehead atoms. The molecule has 1 aromatic rings. The molecular formula is C10H13ClN4. The van der Waals surface area contributed by atoms with Gasteiger partial charge in [0.2, 0.25) is 0 Å². The molecule has 1 aromatic heterocycles. The van der Waals surface area contributed by atoms with E-state index in [1.807, 2.05) is 25.8 Å². The van der Waals surface area contributed by atoms with Crippen LogP contribution >= 0.6 is 11.6 Å². The summed E-state index contributed by atoms with van der Waals surface area (Å²) in [6.45, 7) is 4.51. The summed E-state index contributed by atoms with van der Waals surface area (Å²) in [6.07, 6.45) is 0.472. The predicted molar refractivity (Wildman–Crippen MR) is 60.0 cm³/mol. The van der Waals surface area contributed by atoms with Crippen LogP contribution in [-0.2, 0) is 0 Å². The summed E-state index contributed by atoms with van der Waals surface area (Å²) in [5, 5.41) is 16.8. The molecule has 0 aromatic carbocycles. The SMILES string of the molecule is Cc1c(Cl)nnc(N(C)CCC#N)c1C. The number of nitriles is 1. The lowest BCUT2D eigenvalue weighted by atomic mass is 10.2. The van der Waals surface area contributed by atoms with Gasteiger partial charge in [0.1, 0.15) is 0 Å². The van der Waals surface area contributed by atoms with Gasteiger partial charge in [0.25, 0.3) is 0 Å². The molecule has 0 aliphatic carbocycles. The highest BCUT2D eigenvalue weighted by Crippen LogP contribution is 2.22. The van der Waals surface area contributed by atoms with Gasteiger partial charge in [0.05, 0.1) is 12.5 Å². The molecule has 1 rings (SSSR count). The molecule has 0 saturated carbocycles. The molecule has 0 atom stereocenters. The van der Waals surface area contributed by atoms with Crippen LogP contribution in [0.5, 0.6) is 0 Å². The standard InChI is InChI=1S/C10H13ClN4/c1-7-8(2)10(14-13-9(7)11)15(3)6-4-5-12/h4,6H2,1-3H3. The average molecular weight is 225 g/mol. The van der Waals surface area contributed by atoms with E-state index in [9.17, 15) is 0 Å². The van der Waals surface area contributed by atoms with E-state index in [1.165, 1.54) is 0 Å². The number of anilines is 1. The van der Waals surface area contributed by atoms with Crippen molar-refractivity contribution in [2.45, 2.75) is 20.3 Å². The zero-order chi connectivity index (χ0) is 11.4. The van der Waals surface area contributed by atoms with Gasteiger partial charge in [-0.15, -0.1) is 10.2 Å². The molecule has 0 N–H and O–H groups in total. The summed E-state index contributed by atoms with van der Waals surface area (Å²) >= 11 is 5.85. The molecule has 1 heterocycles. The second-order valence-corrected chi connectivity index (χ2v) is 3.75. The Kier molecular flexibility index (Phi) is 3.87. The minimum atomic E-state index is 0.435. The van der Waals surface area contributed by atoms with Crippen LogP contribution in [-0.4, -0.2) is 23.8 Å². The third-order valence-electron chi connectivity index (χ3n) is 2.36. The highest BCUT2D eigenvalue weighted by atomic mass is 35.5. The number of rotatable bonds is 3. The van der Waals surface area contributed by atoms with Crippen LogP contribution in [0.4, 0.5) is 5.82 Å². The lowest BCUT2D eigenvalue weighted by Crippen LogP contribution is -2.21. The summed E-state index contributed by atoms with van der Waals surface area (Å²) in [4.78, 5) is 1.91. The quantitative estimate of drug-likeness (QED) is 0.789. The van der Waals surface area contributed by atoms with Crippen molar-refractivity contribution in [3.63, 3.8) is 0 Å². The molecule has 0 aliphatic heterocycles. The highest BCUT2D eigenvalue weighted by Gasteiger charge is 2.11. The first-order valence-corrected chi connectivity index (χ1v) is 5.03. The fourth-order valence-corrected chi connectivity index (χ4v) is 1.43. The zero-order valence-corrected chi connectivity index (χ0v) is 9.84. The first kappa shape index (κ1) is 11.7. The first-order chi connectivity index (χ1) is 7.07. The minimum absolute atomic E-state index is 0.435. The number of nitrogens with zero attached hydrogens (tertiary/aromatic N) is 4. The molecular weight excluding hydrogens is 212 g/mol. The van der Waals surface area contributed by atoms with Crippen molar-refractivity contribution in [2.24, 2.45) is 0 Å². The van der Waals surface area contributed by atoms with E-state index >= 15 is 0 Å². The van der Waals surface area contributed by atoms with E-state index in [0.29, 0.717) is 18.1 Å². The van der Waals surface area contributed by atoms with E-state index in [1.54, 1.807) is 0 Å². The first-order valence-electron chi connectivity index (χ1n) is 4.65. The van der Waals surface area contributed by atoms with Crippen LogP contribution in [0.15, 0.2) is 0 Å². The maximum absolute atomic E-state index is 8.50. The molecule has 0 unspecified atom stereocenters. The van der Waals surface area contributed by atoms with Gasteiger partial charge in [0, 0.05) is 13.6 Å². The van der Waals surface area contributed by atoms with E-state index in [0.717, 1.165) is 16.9 Å². The van der Waals surface area contributed by atoms with Gasteiger partial charge in [-0.3, -0.25) is 0 Å². The summed E-state index contributed by atoms with van der Waals surface area (Å²) in [7, 11) is 1.89. The number of hydrogen-bond acceptors (Lipinski definition) is 4. The van der Waals surface area contributed by atoms with Gasteiger partial charge >= 0.3 is 0 Å². The van der Waals surface area contributed by atoms with Gasteiger partial charge in [-0.25, -0.2) is 0 Å². The smallest absolute Gasteiger partial charge is 0.155 e. The van der Waals surface area contributed by atoms with Crippen LogP contribution in [0, 0.1) is 25.2 Å². The van der Waals surface area contributed by atoms with Crippen LogP contribution < -0.4 is 4.90 Å². The van der Waals surface area contributed by atoms with E-state index in [4.69, 9.17) is 16.9 Å². The molecule has 5 heteroatoms. The molecule has 0 fully saturated rings. The summed E-state index contributed by atoms with van der Waals surface area (Å²) in [5.74, 6) is 0.784. The van der Waals surface area contributed by atoms with E-state index in [-0.39, 0.29) is 0 Å². The minimum Gasteiger partial charge on any atom is -0.357 e. The van der Waals surface area contributed by atoms with Crippen molar-refractivity contribution in [1.29, 1.82) is 5.26 Å². The summed E-state index contributed by atoms with van der Waals surface area (Å²) < 4.78 is 0. The van der Waals surface area contributed by atoms with E-state index in [2.05, 4.69) is 16.3 Å². The second kappa shape index (κ2) is 4.94. The molecule has 0 aliphatic rings. The number of halogens is 1. The van der Waals surface area contributed by atoms with Crippen LogP contribution in [0.25, 0.3) is 0 Å². The highest BCUT2D eigenvalue weighted by molar-refractivity contribution is 6.30. The topological polar surface area (TPSA) is 52.8 Å². The normalized spacial score (nSPS) is 9.80. The molecule has 0 spiro atoms. The third kappa shape index (κ3) is 2.57. The Balaban J connectivity index is 2.96. The Bertz CT molecular complexity index is 397. The molecule has 0 amide bonds. The summed E-state index contributed by atoms with van der Waals surface area (Å²) in [6, 6.07) is 2.10. The van der Waals surface area contributed by atoms with Crippen molar-refractivity contribution < 1.29 is 0 Å². The van der Waals surface area contributed by atoms with Crippen molar-refractivity contribution in [3.8, 4) is 6.07 Å². The maximum atomic E-state index is 8.50. The molecule has 0 saturated heterocycles. The lowest BCUT2D eigenvalue weighted by Gasteiger charge is -2.19. The van der Waals surface area contributed by atoms with Crippen molar-refractivity contribution in [1.82, 2.24) is 10.2 Å². The van der Waals surface area contributed by atoms with E-state index < -0.39 is 0 Å². The largest absolute Gasteiger partial charge is 0.357 e. The predicted octanol–water partition coefficient (Wildman–Crippen LogP) is 2.10. The Morgan fingerprint density at radius 1 is 1.33 bits per heavy atom. The van der Waals surface area contributed by atoms with Crippen LogP contribution in [0.3, 0.4) is 0 Å². The fraction of sp³-hybridized carbons (Fsp3) is 0.500. The fourth-order valence-electron chi connectivity index (χ4n) is 1.25. The molecule has 4 nitrogen and oxygen atoms in total. The van der Waals surface area contributed by atoms with Crippen LogP contribution in [0.1, 0.15) is 17.5 Å². The third-order valence-corrected chi connectivity index (χ3v) is 2.72. The maximum Gasteiger partial charge on any atom is 0.155 e. The Labute approximate surface area is 94.5 Å². The molecule has 80 valence electrons. The average Bonchev–Trinajstić information content (AvgIpc) is 2.23. The Morgan fingerprint density at radius 2 is 2.00 bits per heavy atom. The zero-order valence-electron chi connectivity index (χ0n) is 9.08. The lowest BCUT2D eigenvalue weighted by molar-refractivity contribution is 0.847. The van der Waals surface area contributed by atoms with Crippen molar-refractivity contribution in [3.05, 3.63) is 16.3 Å². The summed E-state index contributed by atoms with van der Waals surface area (Å²) in [5.41, 5.74) is 1.95. The number of hydrogen-bond donors (Lipinski definition) is 0.